The summed E-state index contributed by atoms with van der Waals surface area (Å²) in [5.74, 6) is 0.576. The van der Waals surface area contributed by atoms with Crippen LogP contribution >= 0.6 is 0 Å². The van der Waals surface area contributed by atoms with Crippen LogP contribution in [0.15, 0.2) is 0 Å². The van der Waals surface area contributed by atoms with Crippen molar-refractivity contribution in [1.29, 1.82) is 0 Å². The van der Waals surface area contributed by atoms with Crippen LogP contribution in [0.4, 0.5) is 0 Å². The molecular weight excluding hydrogens is 189 g/mol. The predicted molar refractivity (Wildman–Crippen MR) is 34.4 cm³/mol. The van der Waals surface area contributed by atoms with Crippen LogP contribution in [0.5, 0.6) is 0 Å². The van der Waals surface area contributed by atoms with Gasteiger partial charge in [-0.1, -0.05) is 32.6 Å². The van der Waals surface area contributed by atoms with Crippen LogP contribution in [0.2, 0.25) is 0 Å². The van der Waals surface area contributed by atoms with Crippen molar-refractivity contribution >= 4 is 6.29 Å². The second-order valence-electron chi connectivity index (χ2n) is 2.03. The second kappa shape index (κ2) is 8.77. The third-order valence-electron chi connectivity index (χ3n) is 1.53. The van der Waals surface area contributed by atoms with Gasteiger partial charge in [0.15, 0.2) is 0 Å². The first kappa shape index (κ1) is 12.5. The molecule has 0 aliphatic rings. The van der Waals surface area contributed by atoms with E-state index in [1.54, 1.807) is 0 Å². The summed E-state index contributed by atoms with van der Waals surface area (Å²) in [7, 11) is 0. The molecule has 0 bridgehead atoms. The molecule has 0 rings (SSSR count). The fraction of sp³-hybridized carbons (Fsp3) is 0.857. The Morgan fingerprint density at radius 2 is 1.78 bits per heavy atom. The number of hydrogen-bond acceptors (Lipinski definition) is 1. The van der Waals surface area contributed by atoms with Crippen molar-refractivity contribution in [3.05, 3.63) is 0 Å². The molecule has 0 aliphatic heterocycles. The van der Waals surface area contributed by atoms with Gasteiger partial charge in [0.25, 0.3) is 0 Å². The smallest absolute Gasteiger partial charge is 0 e. The predicted octanol–water partition coefficient (Wildman–Crippen LogP) is 1.92. The molecule has 0 atom stereocenters. The maximum absolute atomic E-state index is 9.81. The van der Waals surface area contributed by atoms with E-state index in [0.717, 1.165) is 12.8 Å². The first-order chi connectivity index (χ1) is 3.85. The Balaban J connectivity index is 0. The van der Waals surface area contributed by atoms with Gasteiger partial charge in [-0.15, -0.1) is 6.42 Å². The van der Waals surface area contributed by atoms with Gasteiger partial charge in [-0.25, -0.2) is 0 Å². The zero-order valence-corrected chi connectivity index (χ0v) is 9.02. The van der Waals surface area contributed by atoms with E-state index in [-0.39, 0.29) is 32.7 Å². The van der Waals surface area contributed by atoms with Gasteiger partial charge in [-0.2, -0.15) is 0 Å². The van der Waals surface area contributed by atoms with Crippen molar-refractivity contribution in [2.75, 3.05) is 0 Å². The van der Waals surface area contributed by atoms with Crippen molar-refractivity contribution in [2.24, 2.45) is 5.92 Å². The molecule has 0 amide bonds. The Labute approximate surface area is 82.5 Å². The maximum atomic E-state index is 9.81. The summed E-state index contributed by atoms with van der Waals surface area (Å²) in [6.45, 7) is 4.21. The first-order valence-electron chi connectivity index (χ1n) is 3.20. The Hall–Kier alpha value is 0.774. The van der Waals surface area contributed by atoms with E-state index in [2.05, 4.69) is 13.8 Å². The summed E-state index contributed by atoms with van der Waals surface area (Å²) in [6, 6.07) is 0. The summed E-state index contributed by atoms with van der Waals surface area (Å²) in [5, 5.41) is 0. The van der Waals surface area contributed by atoms with E-state index < -0.39 is 0 Å². The molecule has 0 saturated carbocycles. The fourth-order valence-electron chi connectivity index (χ4n) is 0.695. The molecule has 9 heavy (non-hydrogen) atoms. The summed E-state index contributed by atoms with van der Waals surface area (Å²) in [5.41, 5.74) is 0. The summed E-state index contributed by atoms with van der Waals surface area (Å²) < 4.78 is 0. The van der Waals surface area contributed by atoms with Gasteiger partial charge in [0.1, 0.15) is 0 Å². The van der Waals surface area contributed by atoms with Crippen molar-refractivity contribution in [1.82, 2.24) is 0 Å². The first-order valence-corrected chi connectivity index (χ1v) is 3.20. The maximum Gasteiger partial charge on any atom is 0 e. The number of hydrogen-bond donors (Lipinski definition) is 0. The summed E-state index contributed by atoms with van der Waals surface area (Å²) >= 11 is 0. The molecule has 0 aliphatic carbocycles. The van der Waals surface area contributed by atoms with Gasteiger partial charge in [-0.3, -0.25) is 6.29 Å². The van der Waals surface area contributed by atoms with Gasteiger partial charge >= 0.3 is 0 Å². The molecule has 0 N–H and O–H groups in total. The van der Waals surface area contributed by atoms with Crippen LogP contribution in [0.3, 0.4) is 0 Å². The van der Waals surface area contributed by atoms with Crippen molar-refractivity contribution < 1.29 is 37.5 Å². The van der Waals surface area contributed by atoms with E-state index >= 15 is 0 Å². The van der Waals surface area contributed by atoms with E-state index in [1.807, 2.05) is 6.29 Å². The van der Waals surface area contributed by atoms with Gasteiger partial charge in [-0.05, 0) is 0 Å². The third-order valence-corrected chi connectivity index (χ3v) is 1.53. The minimum absolute atomic E-state index is 0. The molecule has 0 unspecified atom stereocenters. The molecule has 51 valence electrons. The molecule has 1 nitrogen and oxygen atoms in total. The Morgan fingerprint density at radius 1 is 1.33 bits per heavy atom. The van der Waals surface area contributed by atoms with E-state index in [9.17, 15) is 4.79 Å². The van der Waals surface area contributed by atoms with E-state index in [1.165, 1.54) is 0 Å². The van der Waals surface area contributed by atoms with Gasteiger partial charge in [0.2, 0.25) is 0 Å². The summed E-state index contributed by atoms with van der Waals surface area (Å²) in [6.07, 6.45) is 4.74. The number of rotatable bonds is 4. The largest absolute Gasteiger partial charge is 0.542 e. The topological polar surface area (TPSA) is 17.1 Å². The van der Waals surface area contributed by atoms with Crippen LogP contribution in [0, 0.1) is 5.92 Å². The molecule has 0 spiro atoms. The van der Waals surface area contributed by atoms with Crippen LogP contribution in [0.1, 0.15) is 33.1 Å². The van der Waals surface area contributed by atoms with Crippen molar-refractivity contribution in [3.63, 3.8) is 0 Å². The minimum Gasteiger partial charge on any atom is -0.542 e. The normalized spacial score (nSPS) is 8.78. The van der Waals surface area contributed by atoms with Crippen LogP contribution < -0.4 is 0 Å². The summed E-state index contributed by atoms with van der Waals surface area (Å²) in [4.78, 5) is 9.81. The van der Waals surface area contributed by atoms with Crippen LogP contribution in [0.25, 0.3) is 0 Å². The molecule has 2 heteroatoms. The molecule has 1 radical (unpaired) electrons. The fourth-order valence-corrected chi connectivity index (χ4v) is 0.695. The molecule has 0 heterocycles. The van der Waals surface area contributed by atoms with Crippen molar-refractivity contribution in [3.8, 4) is 0 Å². The standard InChI is InChI=1S/C7H13O.Y/c1-3-7(4-2)5-6-8;/h7H,3-5H2,1-2H3;/q-1;. The molecule has 0 aromatic carbocycles. The van der Waals surface area contributed by atoms with Crippen molar-refractivity contribution in [2.45, 2.75) is 33.1 Å². The molecule has 0 fully saturated rings. The molecule has 0 saturated heterocycles. The monoisotopic (exact) mass is 202 g/mol. The zero-order chi connectivity index (χ0) is 6.41. The zero-order valence-electron chi connectivity index (χ0n) is 6.18. The Kier molecular flexibility index (Phi) is 12.1. The van der Waals surface area contributed by atoms with Gasteiger partial charge < -0.3 is 4.79 Å². The van der Waals surface area contributed by atoms with E-state index in [4.69, 9.17) is 0 Å². The van der Waals surface area contributed by atoms with Gasteiger partial charge in [0.05, 0.1) is 0 Å². The van der Waals surface area contributed by atoms with Gasteiger partial charge in [0, 0.05) is 32.7 Å². The van der Waals surface area contributed by atoms with Crippen LogP contribution in [-0.4, -0.2) is 6.29 Å². The SMILES string of the molecule is CCC(CC)C[C-]=O.[Y]. The molecule has 0 aromatic heterocycles. The number of carbonyl (C=O) groups excluding carboxylic acids is 1. The second-order valence-corrected chi connectivity index (χ2v) is 2.03. The third kappa shape index (κ3) is 6.66. The van der Waals surface area contributed by atoms with Crippen LogP contribution in [-0.2, 0) is 37.5 Å². The minimum atomic E-state index is 0. The Morgan fingerprint density at radius 3 is 1.89 bits per heavy atom. The quantitative estimate of drug-likeness (QED) is 0.636. The molecule has 0 aromatic rings. The average molecular weight is 202 g/mol. The molecular formula is C7H13OY-. The average Bonchev–Trinajstić information content (AvgIpc) is 1.83. The van der Waals surface area contributed by atoms with E-state index in [0.29, 0.717) is 12.3 Å². The Bertz CT molecular complexity index is 59.9.